The van der Waals surface area contributed by atoms with E-state index in [1.165, 1.54) is 24.3 Å². The van der Waals surface area contributed by atoms with Crippen LogP contribution < -0.4 is 5.32 Å². The predicted molar refractivity (Wildman–Crippen MR) is 97.0 cm³/mol. The van der Waals surface area contributed by atoms with Gasteiger partial charge in [0.15, 0.2) is 5.82 Å². The SMILES string of the molecule is O=C(c1ccc(F)cc1)N1CC[C@@H](c2ccnc(Nc3cnccn3)n2)C1. The van der Waals surface area contributed by atoms with Crippen molar-refractivity contribution in [3.8, 4) is 0 Å². The van der Waals surface area contributed by atoms with E-state index in [0.29, 0.717) is 30.4 Å². The molecule has 0 bridgehead atoms. The number of benzene rings is 1. The van der Waals surface area contributed by atoms with Gasteiger partial charge in [0, 0.05) is 43.2 Å². The van der Waals surface area contributed by atoms with Gasteiger partial charge in [-0.15, -0.1) is 0 Å². The highest BCUT2D eigenvalue weighted by atomic mass is 19.1. The van der Waals surface area contributed by atoms with Crippen LogP contribution in [0.4, 0.5) is 16.2 Å². The third kappa shape index (κ3) is 3.89. The summed E-state index contributed by atoms with van der Waals surface area (Å²) < 4.78 is 13.1. The Balaban J connectivity index is 1.45. The Hall–Kier alpha value is -3.42. The Morgan fingerprint density at radius 1 is 1.11 bits per heavy atom. The second-order valence-corrected chi connectivity index (χ2v) is 6.26. The van der Waals surface area contributed by atoms with Crippen LogP contribution >= 0.6 is 0 Å². The normalized spacial score (nSPS) is 16.3. The molecule has 1 saturated heterocycles. The largest absolute Gasteiger partial charge is 0.338 e. The van der Waals surface area contributed by atoms with E-state index in [4.69, 9.17) is 0 Å². The van der Waals surface area contributed by atoms with Crippen molar-refractivity contribution in [2.75, 3.05) is 18.4 Å². The molecule has 0 spiro atoms. The van der Waals surface area contributed by atoms with Crippen molar-refractivity contribution in [3.63, 3.8) is 0 Å². The van der Waals surface area contributed by atoms with Gasteiger partial charge in [0.1, 0.15) is 5.82 Å². The molecule has 1 atom stereocenters. The van der Waals surface area contributed by atoms with E-state index in [2.05, 4.69) is 25.3 Å². The molecule has 0 aliphatic carbocycles. The summed E-state index contributed by atoms with van der Waals surface area (Å²) in [6, 6.07) is 7.49. The molecule has 0 radical (unpaired) electrons. The molecular weight excluding hydrogens is 347 g/mol. The maximum atomic E-state index is 13.1. The molecule has 1 aliphatic heterocycles. The number of halogens is 1. The smallest absolute Gasteiger partial charge is 0.253 e. The van der Waals surface area contributed by atoms with Crippen LogP contribution in [0.3, 0.4) is 0 Å². The van der Waals surface area contributed by atoms with E-state index in [1.807, 2.05) is 6.07 Å². The third-order valence-electron chi connectivity index (χ3n) is 4.47. The number of nitrogens with one attached hydrogen (secondary N) is 1. The predicted octanol–water partition coefficient (Wildman–Crippen LogP) is 2.78. The Labute approximate surface area is 155 Å². The van der Waals surface area contributed by atoms with Crippen LogP contribution in [0.1, 0.15) is 28.4 Å². The van der Waals surface area contributed by atoms with Gasteiger partial charge in [-0.1, -0.05) is 0 Å². The van der Waals surface area contributed by atoms with Crippen LogP contribution in [0.2, 0.25) is 0 Å². The molecule has 0 unspecified atom stereocenters. The number of hydrogen-bond acceptors (Lipinski definition) is 6. The minimum atomic E-state index is -0.352. The first-order chi connectivity index (χ1) is 13.2. The van der Waals surface area contributed by atoms with Crippen LogP contribution in [-0.2, 0) is 0 Å². The molecule has 8 heteroatoms. The number of aromatic nitrogens is 4. The fourth-order valence-electron chi connectivity index (χ4n) is 3.10. The van der Waals surface area contributed by atoms with E-state index in [9.17, 15) is 9.18 Å². The van der Waals surface area contributed by atoms with Gasteiger partial charge < -0.3 is 10.2 Å². The minimum absolute atomic E-state index is 0.0931. The van der Waals surface area contributed by atoms with Crippen molar-refractivity contribution in [2.45, 2.75) is 12.3 Å². The zero-order chi connectivity index (χ0) is 18.6. The van der Waals surface area contributed by atoms with Gasteiger partial charge in [-0.3, -0.25) is 9.78 Å². The van der Waals surface area contributed by atoms with E-state index in [-0.39, 0.29) is 17.6 Å². The molecule has 2 aromatic heterocycles. The second-order valence-electron chi connectivity index (χ2n) is 6.26. The molecule has 1 amide bonds. The number of carbonyl (C=O) groups excluding carboxylic acids is 1. The molecule has 0 saturated carbocycles. The average Bonchev–Trinajstić information content (AvgIpc) is 3.19. The summed E-state index contributed by atoms with van der Waals surface area (Å²) in [5.41, 5.74) is 1.36. The number of carbonyl (C=O) groups is 1. The van der Waals surface area contributed by atoms with E-state index < -0.39 is 0 Å². The van der Waals surface area contributed by atoms with E-state index >= 15 is 0 Å². The van der Waals surface area contributed by atoms with Crippen molar-refractivity contribution < 1.29 is 9.18 Å². The summed E-state index contributed by atoms with van der Waals surface area (Å²) >= 11 is 0. The van der Waals surface area contributed by atoms with Gasteiger partial charge in [0.25, 0.3) is 5.91 Å². The first kappa shape index (κ1) is 17.0. The van der Waals surface area contributed by atoms with Crippen LogP contribution in [0, 0.1) is 5.82 Å². The number of anilines is 2. The maximum absolute atomic E-state index is 13.1. The van der Waals surface area contributed by atoms with Crippen molar-refractivity contribution in [3.05, 3.63) is 72.2 Å². The number of likely N-dealkylation sites (tertiary alicyclic amines) is 1. The van der Waals surface area contributed by atoms with Crippen LogP contribution in [0.5, 0.6) is 0 Å². The minimum Gasteiger partial charge on any atom is -0.338 e. The maximum Gasteiger partial charge on any atom is 0.253 e. The molecule has 4 rings (SSSR count). The third-order valence-corrected chi connectivity index (χ3v) is 4.47. The van der Waals surface area contributed by atoms with E-state index in [0.717, 1.165) is 12.1 Å². The van der Waals surface area contributed by atoms with Crippen molar-refractivity contribution in [1.29, 1.82) is 0 Å². The summed E-state index contributed by atoms with van der Waals surface area (Å²) in [6.45, 7) is 1.20. The topological polar surface area (TPSA) is 83.9 Å². The molecule has 27 heavy (non-hydrogen) atoms. The molecule has 1 fully saturated rings. The van der Waals surface area contributed by atoms with Gasteiger partial charge in [0.05, 0.1) is 11.9 Å². The van der Waals surface area contributed by atoms with E-state index in [1.54, 1.807) is 29.7 Å². The Kier molecular flexibility index (Phi) is 4.69. The molecular formula is C19H17FN6O. The highest BCUT2D eigenvalue weighted by Crippen LogP contribution is 2.27. The number of nitrogens with zero attached hydrogens (tertiary/aromatic N) is 5. The lowest BCUT2D eigenvalue weighted by Gasteiger charge is -2.16. The van der Waals surface area contributed by atoms with Crippen molar-refractivity contribution in [2.24, 2.45) is 0 Å². The summed E-state index contributed by atoms with van der Waals surface area (Å²) in [6.07, 6.45) is 7.27. The highest BCUT2D eigenvalue weighted by Gasteiger charge is 2.29. The molecule has 1 aromatic carbocycles. The van der Waals surface area contributed by atoms with Gasteiger partial charge in [-0.25, -0.2) is 19.3 Å². The summed E-state index contributed by atoms with van der Waals surface area (Å²) in [5, 5.41) is 3.02. The molecule has 1 aliphatic rings. The summed E-state index contributed by atoms with van der Waals surface area (Å²) in [5.74, 6) is 0.685. The Bertz CT molecular complexity index is 934. The molecule has 136 valence electrons. The number of hydrogen-bond donors (Lipinski definition) is 1. The highest BCUT2D eigenvalue weighted by molar-refractivity contribution is 5.94. The van der Waals surface area contributed by atoms with Gasteiger partial charge in [0.2, 0.25) is 5.95 Å². The average molecular weight is 364 g/mol. The quantitative estimate of drug-likeness (QED) is 0.766. The summed E-state index contributed by atoms with van der Waals surface area (Å²) in [4.78, 5) is 31.3. The van der Waals surface area contributed by atoms with Gasteiger partial charge >= 0.3 is 0 Å². The van der Waals surface area contributed by atoms with Gasteiger partial charge in [-0.05, 0) is 36.8 Å². The fraction of sp³-hybridized carbons (Fsp3) is 0.211. The summed E-state index contributed by atoms with van der Waals surface area (Å²) in [7, 11) is 0. The number of rotatable bonds is 4. The molecule has 7 nitrogen and oxygen atoms in total. The Morgan fingerprint density at radius 2 is 1.96 bits per heavy atom. The van der Waals surface area contributed by atoms with Crippen LogP contribution in [0.15, 0.2) is 55.1 Å². The zero-order valence-corrected chi connectivity index (χ0v) is 14.4. The molecule has 3 heterocycles. The number of amides is 1. The Morgan fingerprint density at radius 3 is 2.74 bits per heavy atom. The lowest BCUT2D eigenvalue weighted by Crippen LogP contribution is -2.28. The molecule has 3 aromatic rings. The van der Waals surface area contributed by atoms with Gasteiger partial charge in [-0.2, -0.15) is 0 Å². The van der Waals surface area contributed by atoms with Crippen LogP contribution in [-0.4, -0.2) is 43.8 Å². The second kappa shape index (κ2) is 7.45. The fourth-order valence-corrected chi connectivity index (χ4v) is 3.10. The monoisotopic (exact) mass is 364 g/mol. The lowest BCUT2D eigenvalue weighted by molar-refractivity contribution is 0.0790. The first-order valence-electron chi connectivity index (χ1n) is 8.60. The van der Waals surface area contributed by atoms with Crippen molar-refractivity contribution >= 4 is 17.7 Å². The standard InChI is InChI=1S/C19H17FN6O/c20-15-3-1-13(2-4-15)18(27)26-10-6-14(12-26)16-5-7-23-19(24-16)25-17-11-21-8-9-22-17/h1-5,7-9,11,14H,6,10,12H2,(H,22,23,24,25)/t14-/m1/s1. The van der Waals surface area contributed by atoms with Crippen LogP contribution in [0.25, 0.3) is 0 Å². The lowest BCUT2D eigenvalue weighted by atomic mass is 10.1. The zero-order valence-electron chi connectivity index (χ0n) is 14.4. The van der Waals surface area contributed by atoms with Crippen molar-refractivity contribution in [1.82, 2.24) is 24.8 Å². The first-order valence-corrected chi connectivity index (χ1v) is 8.60. The molecule has 1 N–H and O–H groups in total.